The van der Waals surface area contributed by atoms with E-state index in [0.29, 0.717) is 42.4 Å². The van der Waals surface area contributed by atoms with Gasteiger partial charge in [-0.3, -0.25) is 9.59 Å². The summed E-state index contributed by atoms with van der Waals surface area (Å²) >= 11 is 0. The number of hydrogen-bond acceptors (Lipinski definition) is 6. The van der Waals surface area contributed by atoms with E-state index in [1.54, 1.807) is 13.8 Å². The molecule has 0 bridgehead atoms. The maximum atomic E-state index is 12.3. The van der Waals surface area contributed by atoms with Gasteiger partial charge in [-0.1, -0.05) is 0 Å². The van der Waals surface area contributed by atoms with Crippen molar-refractivity contribution in [3.05, 3.63) is 32.7 Å². The molecule has 2 N–H and O–H groups in total. The number of benzene rings is 1. The van der Waals surface area contributed by atoms with Crippen molar-refractivity contribution >= 4 is 23.2 Å². The van der Waals surface area contributed by atoms with Gasteiger partial charge >= 0.3 is 5.63 Å². The van der Waals surface area contributed by atoms with Crippen molar-refractivity contribution in [2.24, 2.45) is 0 Å². The average Bonchev–Trinajstić information content (AvgIpc) is 3.01. The number of aldehydes is 1. The van der Waals surface area contributed by atoms with E-state index in [1.807, 2.05) is 0 Å². The van der Waals surface area contributed by atoms with Crippen LogP contribution in [0.25, 0.3) is 11.0 Å². The fourth-order valence-corrected chi connectivity index (χ4v) is 3.10. The van der Waals surface area contributed by atoms with Gasteiger partial charge in [-0.25, -0.2) is 4.79 Å². The van der Waals surface area contributed by atoms with E-state index in [2.05, 4.69) is 5.32 Å². The first kappa shape index (κ1) is 16.0. The predicted molar refractivity (Wildman–Crippen MR) is 85.9 cm³/mol. The van der Waals surface area contributed by atoms with Gasteiger partial charge in [0.25, 0.3) is 0 Å². The van der Waals surface area contributed by atoms with Gasteiger partial charge in [0, 0.05) is 23.9 Å². The van der Waals surface area contributed by atoms with Crippen molar-refractivity contribution in [2.45, 2.75) is 26.7 Å². The summed E-state index contributed by atoms with van der Waals surface area (Å²) in [4.78, 5) is 35.5. The number of ether oxygens (including phenoxy) is 1. The van der Waals surface area contributed by atoms with Crippen LogP contribution in [0.15, 0.2) is 9.21 Å². The highest BCUT2D eigenvalue weighted by molar-refractivity contribution is 6.03. The lowest BCUT2D eigenvalue weighted by Crippen LogP contribution is -2.27. The van der Waals surface area contributed by atoms with Gasteiger partial charge in [-0.15, -0.1) is 0 Å². The quantitative estimate of drug-likeness (QED) is 0.645. The first-order valence-corrected chi connectivity index (χ1v) is 7.68. The van der Waals surface area contributed by atoms with Crippen LogP contribution < -0.4 is 15.7 Å². The van der Waals surface area contributed by atoms with Crippen molar-refractivity contribution in [2.75, 3.05) is 13.2 Å². The molecule has 1 aromatic heterocycles. The number of rotatable bonds is 4. The molecule has 2 heterocycles. The Hall–Kier alpha value is -2.83. The molecular weight excluding hydrogens is 314 g/mol. The standard InChI is InChI=1S/C17H17NO6/c1-3-18-12(20)6-10-8(2)13-9-4-5-23-16(9)14(21)11(7-19)15(13)24-17(10)22/h7,21H,3-6H2,1-2H3,(H,18,20). The third-order valence-corrected chi connectivity index (χ3v) is 4.21. The third-order valence-electron chi connectivity index (χ3n) is 4.21. The monoisotopic (exact) mass is 331 g/mol. The number of hydrogen-bond donors (Lipinski definition) is 2. The van der Waals surface area contributed by atoms with Gasteiger partial charge in [-0.2, -0.15) is 0 Å². The van der Waals surface area contributed by atoms with Gasteiger partial charge in [-0.05, 0) is 19.4 Å². The summed E-state index contributed by atoms with van der Waals surface area (Å²) in [5.74, 6) is -0.357. The van der Waals surface area contributed by atoms with Crippen LogP contribution in [0.4, 0.5) is 0 Å². The fraction of sp³-hybridized carbons (Fsp3) is 0.353. The molecule has 2 aromatic rings. The summed E-state index contributed by atoms with van der Waals surface area (Å²) < 4.78 is 10.7. The molecule has 0 saturated carbocycles. The van der Waals surface area contributed by atoms with Crippen LogP contribution in [0.1, 0.15) is 34.0 Å². The maximum absolute atomic E-state index is 12.3. The van der Waals surface area contributed by atoms with Crippen molar-refractivity contribution in [3.63, 3.8) is 0 Å². The van der Waals surface area contributed by atoms with Crippen LogP contribution in [0.2, 0.25) is 0 Å². The number of amides is 1. The van der Waals surface area contributed by atoms with Gasteiger partial charge < -0.3 is 19.6 Å². The zero-order chi connectivity index (χ0) is 17.4. The summed E-state index contributed by atoms with van der Waals surface area (Å²) in [5.41, 5.74) is 0.728. The highest BCUT2D eigenvalue weighted by Gasteiger charge is 2.28. The normalized spacial score (nSPS) is 12.8. The zero-order valence-corrected chi connectivity index (χ0v) is 13.4. The molecule has 24 heavy (non-hydrogen) atoms. The van der Waals surface area contributed by atoms with E-state index in [9.17, 15) is 19.5 Å². The summed E-state index contributed by atoms with van der Waals surface area (Å²) in [7, 11) is 0. The largest absolute Gasteiger partial charge is 0.504 e. The summed E-state index contributed by atoms with van der Waals surface area (Å²) in [6, 6.07) is 0. The SMILES string of the molecule is CCNC(=O)Cc1c(C)c2c3c(c(O)c(C=O)c2oc1=O)OCC3. The minimum absolute atomic E-state index is 0.0360. The topological polar surface area (TPSA) is 106 Å². The minimum atomic E-state index is -0.687. The number of carbonyl (C=O) groups excluding carboxylic acids is 2. The van der Waals surface area contributed by atoms with Crippen molar-refractivity contribution in [3.8, 4) is 11.5 Å². The lowest BCUT2D eigenvalue weighted by atomic mass is 9.95. The summed E-state index contributed by atoms with van der Waals surface area (Å²) in [6.07, 6.45) is 0.851. The van der Waals surface area contributed by atoms with E-state index in [0.717, 1.165) is 0 Å². The smallest absolute Gasteiger partial charge is 0.340 e. The third kappa shape index (κ3) is 2.33. The van der Waals surface area contributed by atoms with E-state index in [4.69, 9.17) is 9.15 Å². The Morgan fingerprint density at radius 2 is 2.17 bits per heavy atom. The Balaban J connectivity index is 2.32. The number of phenolic OH excluding ortho intramolecular Hbond substituents is 1. The number of likely N-dealkylation sites (N-methyl/N-ethyl adjacent to an activating group) is 1. The van der Waals surface area contributed by atoms with Crippen LogP contribution in [0.5, 0.6) is 11.5 Å². The molecule has 1 aliphatic rings. The Morgan fingerprint density at radius 1 is 1.42 bits per heavy atom. The highest BCUT2D eigenvalue weighted by atomic mass is 16.5. The second-order valence-corrected chi connectivity index (χ2v) is 5.61. The van der Waals surface area contributed by atoms with E-state index in [-0.39, 0.29) is 40.5 Å². The Morgan fingerprint density at radius 3 is 2.83 bits per heavy atom. The number of fused-ring (bicyclic) bond motifs is 3. The summed E-state index contributed by atoms with van der Waals surface area (Å²) in [5, 5.41) is 13.4. The second-order valence-electron chi connectivity index (χ2n) is 5.61. The lowest BCUT2D eigenvalue weighted by Gasteiger charge is -2.13. The van der Waals surface area contributed by atoms with E-state index in [1.165, 1.54) is 0 Å². The van der Waals surface area contributed by atoms with E-state index < -0.39 is 5.63 Å². The van der Waals surface area contributed by atoms with Gasteiger partial charge in [0.05, 0.1) is 18.6 Å². The number of phenols is 1. The predicted octanol–water partition coefficient (Wildman–Crippen LogP) is 1.23. The number of aromatic hydroxyl groups is 1. The molecule has 0 unspecified atom stereocenters. The van der Waals surface area contributed by atoms with Crippen LogP contribution in [-0.4, -0.2) is 30.5 Å². The van der Waals surface area contributed by atoms with Crippen LogP contribution in [-0.2, 0) is 17.6 Å². The molecule has 0 spiro atoms. The second kappa shape index (κ2) is 5.99. The van der Waals surface area contributed by atoms with Gasteiger partial charge in [0.15, 0.2) is 23.4 Å². The van der Waals surface area contributed by atoms with Crippen LogP contribution in [0, 0.1) is 6.92 Å². The molecule has 126 valence electrons. The molecule has 0 atom stereocenters. The number of nitrogens with one attached hydrogen (secondary N) is 1. The molecular formula is C17H17NO6. The summed E-state index contributed by atoms with van der Waals surface area (Å²) in [6.45, 7) is 4.32. The molecule has 0 aliphatic carbocycles. The molecule has 0 saturated heterocycles. The Kier molecular flexibility index (Phi) is 4.01. The van der Waals surface area contributed by atoms with E-state index >= 15 is 0 Å². The minimum Gasteiger partial charge on any atom is -0.504 e. The Labute approximate surface area is 137 Å². The zero-order valence-electron chi connectivity index (χ0n) is 13.4. The first-order chi connectivity index (χ1) is 11.5. The molecule has 7 nitrogen and oxygen atoms in total. The van der Waals surface area contributed by atoms with Crippen LogP contribution >= 0.6 is 0 Å². The van der Waals surface area contributed by atoms with Crippen molar-refractivity contribution in [1.29, 1.82) is 0 Å². The lowest BCUT2D eigenvalue weighted by molar-refractivity contribution is -0.120. The average molecular weight is 331 g/mol. The van der Waals surface area contributed by atoms with Crippen molar-refractivity contribution in [1.82, 2.24) is 5.32 Å². The molecule has 1 aliphatic heterocycles. The number of carbonyl (C=O) groups is 2. The maximum Gasteiger partial charge on any atom is 0.340 e. The highest BCUT2D eigenvalue weighted by Crippen LogP contribution is 2.44. The van der Waals surface area contributed by atoms with Gasteiger partial charge in [0.1, 0.15) is 5.56 Å². The molecule has 0 fully saturated rings. The van der Waals surface area contributed by atoms with Gasteiger partial charge in [0.2, 0.25) is 5.91 Å². The van der Waals surface area contributed by atoms with Crippen LogP contribution in [0.3, 0.4) is 0 Å². The molecule has 0 radical (unpaired) electrons. The van der Waals surface area contributed by atoms with Crippen molar-refractivity contribution < 1.29 is 23.8 Å². The molecule has 1 amide bonds. The Bertz CT molecular complexity index is 912. The first-order valence-electron chi connectivity index (χ1n) is 7.68. The number of aryl methyl sites for hydroxylation is 1. The fourth-order valence-electron chi connectivity index (χ4n) is 3.10. The molecule has 7 heteroatoms. The molecule has 1 aromatic carbocycles. The molecule has 3 rings (SSSR count).